The molecule has 0 aliphatic carbocycles. The molecule has 1 heterocycles. The Labute approximate surface area is 148 Å². The number of anilines is 1. The first kappa shape index (κ1) is 19.9. The number of alkyl halides is 6. The monoisotopic (exact) mass is 401 g/mol. The van der Waals surface area contributed by atoms with E-state index in [-0.39, 0.29) is 17.1 Å². The van der Waals surface area contributed by atoms with E-state index in [2.05, 4.69) is 0 Å². The van der Waals surface area contributed by atoms with Gasteiger partial charge in [0.15, 0.2) is 0 Å². The number of halogens is 6. The van der Waals surface area contributed by atoms with Crippen molar-refractivity contribution in [1.29, 1.82) is 0 Å². The summed E-state index contributed by atoms with van der Waals surface area (Å²) in [5.74, 6) is 0.146. The standard InChI is InChI=1S/C15H13F6NOS2/c1-2-24-11-5-9(14(16,17)18)7-22(8-11)12-6-10(3-4-13(12)23)25-15(19,20)21/h3-7,23H,2,8H2,1H3. The molecule has 0 bridgehead atoms. The van der Waals surface area contributed by atoms with Gasteiger partial charge >= 0.3 is 11.7 Å². The van der Waals surface area contributed by atoms with Crippen LogP contribution >= 0.6 is 23.5 Å². The van der Waals surface area contributed by atoms with Gasteiger partial charge in [0.05, 0.1) is 17.8 Å². The number of hydrogen-bond donors (Lipinski definition) is 1. The zero-order valence-electron chi connectivity index (χ0n) is 12.8. The van der Waals surface area contributed by atoms with Gasteiger partial charge in [0, 0.05) is 16.0 Å². The quantitative estimate of drug-likeness (QED) is 0.501. The average Bonchev–Trinajstić information content (AvgIpc) is 2.47. The number of aromatic hydroxyl groups is 1. The molecule has 138 valence electrons. The van der Waals surface area contributed by atoms with Crippen LogP contribution < -0.4 is 4.90 Å². The van der Waals surface area contributed by atoms with Gasteiger partial charge in [0.1, 0.15) is 5.75 Å². The molecule has 1 N–H and O–H groups in total. The summed E-state index contributed by atoms with van der Waals surface area (Å²) in [7, 11) is 0. The number of phenolic OH excluding ortho intramolecular Hbond substituents is 1. The summed E-state index contributed by atoms with van der Waals surface area (Å²) in [6, 6.07) is 3.12. The van der Waals surface area contributed by atoms with Crippen LogP contribution in [0.2, 0.25) is 0 Å². The highest BCUT2D eigenvalue weighted by atomic mass is 32.2. The lowest BCUT2D eigenvalue weighted by Gasteiger charge is -2.28. The summed E-state index contributed by atoms with van der Waals surface area (Å²) in [4.78, 5) is 1.29. The topological polar surface area (TPSA) is 23.5 Å². The molecule has 25 heavy (non-hydrogen) atoms. The highest BCUT2D eigenvalue weighted by Gasteiger charge is 2.35. The largest absolute Gasteiger partial charge is 0.506 e. The van der Waals surface area contributed by atoms with E-state index < -0.39 is 34.8 Å². The van der Waals surface area contributed by atoms with E-state index in [0.717, 1.165) is 35.4 Å². The Morgan fingerprint density at radius 3 is 2.40 bits per heavy atom. The molecule has 0 amide bonds. The van der Waals surface area contributed by atoms with E-state index in [9.17, 15) is 31.4 Å². The van der Waals surface area contributed by atoms with Crippen molar-refractivity contribution in [3.63, 3.8) is 0 Å². The molecule has 1 aliphatic heterocycles. The molecule has 1 aromatic carbocycles. The normalized spacial score (nSPS) is 15.9. The molecule has 0 saturated heterocycles. The molecular weight excluding hydrogens is 388 g/mol. The maximum absolute atomic E-state index is 13.1. The highest BCUT2D eigenvalue weighted by Crippen LogP contribution is 2.42. The molecule has 10 heteroatoms. The zero-order valence-corrected chi connectivity index (χ0v) is 14.4. The lowest BCUT2D eigenvalue weighted by Crippen LogP contribution is -2.26. The number of rotatable bonds is 4. The van der Waals surface area contributed by atoms with Gasteiger partial charge in [-0.25, -0.2) is 0 Å². The number of hydrogen-bond acceptors (Lipinski definition) is 4. The van der Waals surface area contributed by atoms with E-state index in [1.165, 1.54) is 11.8 Å². The summed E-state index contributed by atoms with van der Waals surface area (Å²) in [6.45, 7) is 1.81. The first-order valence-electron chi connectivity index (χ1n) is 6.97. The first-order valence-corrected chi connectivity index (χ1v) is 8.77. The summed E-state index contributed by atoms with van der Waals surface area (Å²) in [6.07, 6.45) is -2.81. The van der Waals surface area contributed by atoms with Crippen LogP contribution in [0.15, 0.2) is 45.8 Å². The fraction of sp³-hybridized carbons (Fsp3) is 0.333. The minimum atomic E-state index is -4.60. The van der Waals surface area contributed by atoms with Crippen LogP contribution in [-0.4, -0.2) is 29.1 Å². The molecule has 0 radical (unpaired) electrons. The van der Waals surface area contributed by atoms with Crippen molar-refractivity contribution in [2.24, 2.45) is 0 Å². The fourth-order valence-electron chi connectivity index (χ4n) is 2.15. The molecule has 0 fully saturated rings. The third-order valence-corrected chi connectivity index (χ3v) is 4.71. The molecular formula is C15H13F6NOS2. The molecule has 1 aromatic rings. The first-order chi connectivity index (χ1) is 11.5. The Morgan fingerprint density at radius 2 is 1.84 bits per heavy atom. The second-order valence-electron chi connectivity index (χ2n) is 4.95. The van der Waals surface area contributed by atoms with Crippen molar-refractivity contribution in [2.75, 3.05) is 17.2 Å². The molecule has 0 aromatic heterocycles. The molecule has 0 atom stereocenters. The lowest BCUT2D eigenvalue weighted by atomic mass is 10.1. The van der Waals surface area contributed by atoms with Gasteiger partial charge in [0.2, 0.25) is 0 Å². The number of allylic oxidation sites excluding steroid dienone is 2. The summed E-state index contributed by atoms with van der Waals surface area (Å²) < 4.78 is 76.8. The molecule has 0 unspecified atom stereocenters. The highest BCUT2D eigenvalue weighted by molar-refractivity contribution is 8.03. The van der Waals surface area contributed by atoms with E-state index >= 15 is 0 Å². The fourth-order valence-corrected chi connectivity index (χ4v) is 3.54. The van der Waals surface area contributed by atoms with Crippen LogP contribution in [0, 0.1) is 0 Å². The lowest BCUT2D eigenvalue weighted by molar-refractivity contribution is -0.0886. The molecule has 0 spiro atoms. The summed E-state index contributed by atoms with van der Waals surface area (Å²) in [5.41, 5.74) is -5.58. The van der Waals surface area contributed by atoms with Gasteiger partial charge in [-0.2, -0.15) is 26.3 Å². The third kappa shape index (κ3) is 5.53. The Balaban J connectivity index is 2.41. The Hall–Kier alpha value is -1.42. The van der Waals surface area contributed by atoms with Gasteiger partial charge in [-0.15, -0.1) is 11.8 Å². The number of nitrogens with zero attached hydrogens (tertiary/aromatic N) is 1. The van der Waals surface area contributed by atoms with E-state index in [0.29, 0.717) is 10.7 Å². The Kier molecular flexibility index (Phi) is 5.93. The molecule has 0 saturated carbocycles. The number of phenols is 1. The maximum atomic E-state index is 13.1. The van der Waals surface area contributed by atoms with E-state index in [1.54, 1.807) is 6.92 Å². The van der Waals surface area contributed by atoms with Crippen molar-refractivity contribution < 1.29 is 31.4 Å². The van der Waals surface area contributed by atoms with Crippen molar-refractivity contribution in [2.45, 2.75) is 23.5 Å². The SMILES string of the molecule is CCSC1=CC(C(F)(F)F)=CN(c2cc(SC(F)(F)F)ccc2O)C1. The van der Waals surface area contributed by atoms with Gasteiger partial charge < -0.3 is 10.0 Å². The predicted molar refractivity (Wildman–Crippen MR) is 87.7 cm³/mol. The number of thioether (sulfide) groups is 2. The average molecular weight is 401 g/mol. The van der Waals surface area contributed by atoms with Crippen LogP contribution in [0.4, 0.5) is 32.0 Å². The summed E-state index contributed by atoms with van der Waals surface area (Å²) in [5, 5.41) is 9.92. The van der Waals surface area contributed by atoms with Gasteiger partial charge in [-0.05, 0) is 41.8 Å². The maximum Gasteiger partial charge on any atom is 0.446 e. The Morgan fingerprint density at radius 1 is 1.16 bits per heavy atom. The van der Waals surface area contributed by atoms with Crippen molar-refractivity contribution >= 4 is 29.2 Å². The number of benzene rings is 1. The van der Waals surface area contributed by atoms with Crippen molar-refractivity contribution in [1.82, 2.24) is 0 Å². The third-order valence-electron chi connectivity index (χ3n) is 3.08. The summed E-state index contributed by atoms with van der Waals surface area (Å²) >= 11 is 0.807. The Bertz CT molecular complexity index is 696. The van der Waals surface area contributed by atoms with Crippen molar-refractivity contribution in [3.8, 4) is 5.75 Å². The smallest absolute Gasteiger partial charge is 0.446 e. The second-order valence-corrected chi connectivity index (χ2v) is 7.48. The van der Waals surface area contributed by atoms with Crippen LogP contribution in [0.5, 0.6) is 5.75 Å². The van der Waals surface area contributed by atoms with Gasteiger partial charge in [0.25, 0.3) is 0 Å². The van der Waals surface area contributed by atoms with Crippen LogP contribution in [0.25, 0.3) is 0 Å². The van der Waals surface area contributed by atoms with Crippen LogP contribution in [0.3, 0.4) is 0 Å². The molecule has 2 rings (SSSR count). The molecule has 2 nitrogen and oxygen atoms in total. The van der Waals surface area contributed by atoms with Gasteiger partial charge in [-0.1, -0.05) is 6.92 Å². The van der Waals surface area contributed by atoms with Crippen LogP contribution in [0.1, 0.15) is 6.92 Å². The second kappa shape index (κ2) is 7.45. The van der Waals surface area contributed by atoms with E-state index in [1.807, 2.05) is 0 Å². The predicted octanol–water partition coefficient (Wildman–Crippen LogP) is 5.91. The minimum Gasteiger partial charge on any atom is -0.506 e. The van der Waals surface area contributed by atoms with Crippen molar-refractivity contribution in [3.05, 3.63) is 41.0 Å². The molecule has 1 aliphatic rings. The minimum absolute atomic E-state index is 0.0335. The van der Waals surface area contributed by atoms with Crippen LogP contribution in [-0.2, 0) is 0 Å². The van der Waals surface area contributed by atoms with E-state index in [4.69, 9.17) is 0 Å². The van der Waals surface area contributed by atoms with Gasteiger partial charge in [-0.3, -0.25) is 0 Å². The zero-order chi connectivity index (χ0) is 18.8.